The first-order valence-electron chi connectivity index (χ1n) is 7.43. The Kier molecular flexibility index (Phi) is 4.28. The molecule has 1 aromatic carbocycles. The van der Waals surface area contributed by atoms with Gasteiger partial charge in [0, 0.05) is 24.5 Å². The lowest BCUT2D eigenvalue weighted by Gasteiger charge is -2.27. The van der Waals surface area contributed by atoms with Crippen LogP contribution < -0.4 is 0 Å². The van der Waals surface area contributed by atoms with Gasteiger partial charge in [0.25, 0.3) is 5.91 Å². The summed E-state index contributed by atoms with van der Waals surface area (Å²) in [6.07, 6.45) is -2.42. The number of aliphatic hydroxyl groups excluding tert-OH is 1. The normalized spacial score (nSPS) is 21.1. The van der Waals surface area contributed by atoms with Gasteiger partial charge in [0.05, 0.1) is 17.7 Å². The van der Waals surface area contributed by atoms with Crippen molar-refractivity contribution in [3.8, 4) is 0 Å². The Hall–Kier alpha value is -2.41. The lowest BCUT2D eigenvalue weighted by molar-refractivity contribution is -0.138. The number of hydrogen-bond donors (Lipinski definition) is 1. The molecule has 1 N–H and O–H groups in total. The number of aliphatic hydroxyl groups is 1. The second-order valence-electron chi connectivity index (χ2n) is 5.68. The summed E-state index contributed by atoms with van der Waals surface area (Å²) in [5.74, 6) is -0.420. The van der Waals surface area contributed by atoms with Crippen LogP contribution in [-0.2, 0) is 6.18 Å². The van der Waals surface area contributed by atoms with Crippen LogP contribution in [0, 0.1) is 0 Å². The molecule has 3 rings (SSSR count). The van der Waals surface area contributed by atoms with Gasteiger partial charge >= 0.3 is 6.18 Å². The molecule has 0 aliphatic carbocycles. The first-order valence-corrected chi connectivity index (χ1v) is 7.43. The smallest absolute Gasteiger partial charge is 0.391 e. The molecule has 1 aromatic heterocycles. The van der Waals surface area contributed by atoms with Crippen molar-refractivity contribution in [2.75, 3.05) is 6.54 Å². The minimum absolute atomic E-state index is 0.00197. The number of likely N-dealkylation sites (tertiary alicyclic amines) is 1. The zero-order valence-corrected chi connectivity index (χ0v) is 12.6. The van der Waals surface area contributed by atoms with Gasteiger partial charge in [-0.3, -0.25) is 9.78 Å². The van der Waals surface area contributed by atoms with Crippen molar-refractivity contribution in [3.63, 3.8) is 0 Å². The summed E-state index contributed by atoms with van der Waals surface area (Å²) < 4.78 is 39.8. The van der Waals surface area contributed by atoms with Crippen LogP contribution in [0.4, 0.5) is 13.2 Å². The van der Waals surface area contributed by atoms with Crippen LogP contribution in [-0.4, -0.2) is 33.5 Å². The first-order chi connectivity index (χ1) is 11.4. The van der Waals surface area contributed by atoms with Crippen molar-refractivity contribution in [2.24, 2.45) is 0 Å². The fourth-order valence-corrected chi connectivity index (χ4v) is 3.04. The van der Waals surface area contributed by atoms with Crippen LogP contribution in [0.5, 0.6) is 0 Å². The maximum absolute atomic E-state index is 13.3. The predicted octanol–water partition coefficient (Wildman–Crippen LogP) is 3.05. The maximum atomic E-state index is 13.3. The molecule has 1 aliphatic heterocycles. The molecule has 1 aliphatic rings. The monoisotopic (exact) mass is 336 g/mol. The fraction of sp³-hybridized carbons (Fsp3) is 0.294. The molecule has 1 saturated heterocycles. The molecule has 4 nitrogen and oxygen atoms in total. The molecule has 0 spiro atoms. The molecule has 1 amide bonds. The van der Waals surface area contributed by atoms with Crippen molar-refractivity contribution in [2.45, 2.75) is 24.7 Å². The minimum Gasteiger partial charge on any atom is -0.391 e. The van der Waals surface area contributed by atoms with Gasteiger partial charge < -0.3 is 10.0 Å². The number of pyridine rings is 1. The van der Waals surface area contributed by atoms with E-state index in [0.29, 0.717) is 5.56 Å². The molecule has 24 heavy (non-hydrogen) atoms. The topological polar surface area (TPSA) is 53.4 Å². The van der Waals surface area contributed by atoms with E-state index in [4.69, 9.17) is 0 Å². The third kappa shape index (κ3) is 3.12. The number of carbonyl (C=O) groups is 1. The third-order valence-corrected chi connectivity index (χ3v) is 4.09. The van der Waals surface area contributed by atoms with E-state index in [1.54, 1.807) is 0 Å². The summed E-state index contributed by atoms with van der Waals surface area (Å²) in [7, 11) is 0. The molecule has 1 fully saturated rings. The second-order valence-corrected chi connectivity index (χ2v) is 5.68. The van der Waals surface area contributed by atoms with Gasteiger partial charge in [-0.25, -0.2) is 0 Å². The number of halogens is 3. The van der Waals surface area contributed by atoms with Crippen LogP contribution in [0.15, 0.2) is 48.8 Å². The second kappa shape index (κ2) is 6.24. The van der Waals surface area contributed by atoms with Crippen LogP contribution in [0.3, 0.4) is 0 Å². The summed E-state index contributed by atoms with van der Waals surface area (Å²) in [4.78, 5) is 17.8. The Labute approximate surface area is 136 Å². The average molecular weight is 336 g/mol. The van der Waals surface area contributed by atoms with Gasteiger partial charge in [0.15, 0.2) is 0 Å². The van der Waals surface area contributed by atoms with Gasteiger partial charge in [-0.05, 0) is 30.2 Å². The number of β-amino-alcohol motifs (C(OH)–C–C–N with tert-alkyl or cyclic N) is 1. The Balaban J connectivity index is 1.99. The lowest BCUT2D eigenvalue weighted by atomic mass is 9.97. The number of alkyl halides is 3. The molecule has 2 aromatic rings. The van der Waals surface area contributed by atoms with E-state index >= 15 is 0 Å². The molecule has 0 saturated carbocycles. The van der Waals surface area contributed by atoms with E-state index < -0.39 is 29.8 Å². The highest BCUT2D eigenvalue weighted by molar-refractivity contribution is 5.94. The van der Waals surface area contributed by atoms with Gasteiger partial charge in [0.2, 0.25) is 0 Å². The van der Waals surface area contributed by atoms with Crippen LogP contribution in [0.2, 0.25) is 0 Å². The Bertz CT molecular complexity index is 734. The van der Waals surface area contributed by atoms with E-state index in [0.717, 1.165) is 6.07 Å². The minimum atomic E-state index is -4.52. The van der Waals surface area contributed by atoms with Gasteiger partial charge in [-0.2, -0.15) is 13.2 Å². The summed E-state index contributed by atoms with van der Waals surface area (Å²) in [6.45, 7) is -0.00197. The van der Waals surface area contributed by atoms with E-state index in [-0.39, 0.29) is 18.5 Å². The van der Waals surface area contributed by atoms with Gasteiger partial charge in [-0.15, -0.1) is 0 Å². The SMILES string of the molecule is O=C(c1ccncc1)N1C[C@@H](O)C[C@@H]1c1ccccc1C(F)(F)F. The van der Waals surface area contributed by atoms with Crippen molar-refractivity contribution >= 4 is 5.91 Å². The number of nitrogens with zero attached hydrogens (tertiary/aromatic N) is 2. The Morgan fingerprint density at radius 3 is 2.50 bits per heavy atom. The van der Waals surface area contributed by atoms with Gasteiger partial charge in [-0.1, -0.05) is 18.2 Å². The van der Waals surface area contributed by atoms with E-state index in [1.807, 2.05) is 0 Å². The highest BCUT2D eigenvalue weighted by Crippen LogP contribution is 2.40. The largest absolute Gasteiger partial charge is 0.416 e. The number of aromatic nitrogens is 1. The Morgan fingerprint density at radius 2 is 1.83 bits per heavy atom. The third-order valence-electron chi connectivity index (χ3n) is 4.09. The highest BCUT2D eigenvalue weighted by atomic mass is 19.4. The van der Waals surface area contributed by atoms with E-state index in [1.165, 1.54) is 47.6 Å². The zero-order chi connectivity index (χ0) is 17.3. The lowest BCUT2D eigenvalue weighted by Crippen LogP contribution is -2.32. The van der Waals surface area contributed by atoms with Crippen molar-refractivity contribution in [1.82, 2.24) is 9.88 Å². The molecular formula is C17H15F3N2O2. The number of benzene rings is 1. The molecule has 2 atom stereocenters. The standard InChI is InChI=1S/C17H15F3N2O2/c18-17(19,20)14-4-2-1-3-13(14)15-9-12(23)10-22(15)16(24)11-5-7-21-8-6-11/h1-8,12,15,23H,9-10H2/t12-,15+/m0/s1. The molecule has 126 valence electrons. The molecule has 0 bridgehead atoms. The summed E-state index contributed by atoms with van der Waals surface area (Å²) in [5.41, 5.74) is -0.450. The highest BCUT2D eigenvalue weighted by Gasteiger charge is 2.41. The van der Waals surface area contributed by atoms with E-state index in [9.17, 15) is 23.1 Å². The van der Waals surface area contributed by atoms with Crippen molar-refractivity contribution in [3.05, 3.63) is 65.5 Å². The predicted molar refractivity (Wildman–Crippen MR) is 80.1 cm³/mol. The average Bonchev–Trinajstić information content (AvgIpc) is 2.96. The number of hydrogen-bond acceptors (Lipinski definition) is 3. The summed E-state index contributed by atoms with van der Waals surface area (Å²) in [5, 5.41) is 9.93. The number of carbonyl (C=O) groups excluding carboxylic acids is 1. The number of rotatable bonds is 2. The van der Waals surface area contributed by atoms with Crippen LogP contribution >= 0.6 is 0 Å². The molecule has 2 heterocycles. The number of amides is 1. The maximum Gasteiger partial charge on any atom is 0.416 e. The molecule has 7 heteroatoms. The van der Waals surface area contributed by atoms with Crippen molar-refractivity contribution in [1.29, 1.82) is 0 Å². The first kappa shape index (κ1) is 16.4. The molecule has 0 radical (unpaired) electrons. The van der Waals surface area contributed by atoms with Crippen LogP contribution in [0.25, 0.3) is 0 Å². The summed E-state index contributed by atoms with van der Waals surface area (Å²) >= 11 is 0. The molecule has 0 unspecified atom stereocenters. The van der Waals surface area contributed by atoms with Crippen molar-refractivity contribution < 1.29 is 23.1 Å². The van der Waals surface area contributed by atoms with Crippen LogP contribution in [0.1, 0.15) is 33.9 Å². The Morgan fingerprint density at radius 1 is 1.17 bits per heavy atom. The quantitative estimate of drug-likeness (QED) is 0.917. The summed E-state index contributed by atoms with van der Waals surface area (Å²) in [6, 6.07) is 7.35. The van der Waals surface area contributed by atoms with Gasteiger partial charge in [0.1, 0.15) is 0 Å². The zero-order valence-electron chi connectivity index (χ0n) is 12.6. The fourth-order valence-electron chi connectivity index (χ4n) is 3.04. The molecular weight excluding hydrogens is 321 g/mol. The van der Waals surface area contributed by atoms with E-state index in [2.05, 4.69) is 4.98 Å².